The van der Waals surface area contributed by atoms with Crippen molar-refractivity contribution in [2.24, 2.45) is 0 Å². The smallest absolute Gasteiger partial charge is 0.115 e. The molecule has 1 aliphatic heterocycles. The van der Waals surface area contributed by atoms with Gasteiger partial charge in [-0.1, -0.05) is 18.2 Å². The Morgan fingerprint density at radius 1 is 1.17 bits per heavy atom. The van der Waals surface area contributed by atoms with Gasteiger partial charge in [0.2, 0.25) is 0 Å². The maximum absolute atomic E-state index is 8.63. The van der Waals surface area contributed by atoms with Gasteiger partial charge in [0, 0.05) is 6.42 Å². The molecular formula is C10H12O2. The molecule has 0 saturated heterocycles. The molecule has 0 bridgehead atoms. The first-order chi connectivity index (χ1) is 5.89. The Bertz CT molecular complexity index is 223. The molecule has 0 aromatic heterocycles. The number of hydrogen-bond donors (Lipinski definition) is 1. The highest BCUT2D eigenvalue weighted by atomic mass is 16.5. The van der Waals surface area contributed by atoms with Gasteiger partial charge in [-0.15, -0.1) is 0 Å². The van der Waals surface area contributed by atoms with E-state index in [4.69, 9.17) is 9.84 Å². The molecule has 64 valence electrons. The number of para-hydroxylation sites is 1. The highest BCUT2D eigenvalue weighted by molar-refractivity contribution is 5.18. The van der Waals surface area contributed by atoms with E-state index in [1.807, 2.05) is 12.1 Å². The van der Waals surface area contributed by atoms with E-state index in [2.05, 4.69) is 0 Å². The van der Waals surface area contributed by atoms with Gasteiger partial charge >= 0.3 is 0 Å². The van der Waals surface area contributed by atoms with Crippen LogP contribution in [0, 0.1) is 0 Å². The first-order valence-electron chi connectivity index (χ1n) is 3.90. The Morgan fingerprint density at radius 2 is 1.92 bits per heavy atom. The van der Waals surface area contributed by atoms with Gasteiger partial charge in [-0.05, 0) is 18.2 Å². The van der Waals surface area contributed by atoms with Gasteiger partial charge in [-0.3, -0.25) is 0 Å². The standard InChI is InChI=1S/C6H6O.C4H6O/c7-6-4-2-1-3-5-6;1-2-4-5-3-1/h1-5,7H;1,3H,2,4H2. The van der Waals surface area contributed by atoms with E-state index in [1.54, 1.807) is 30.5 Å². The van der Waals surface area contributed by atoms with Crippen LogP contribution >= 0.6 is 0 Å². The molecule has 0 spiro atoms. The number of phenolic OH excluding ortho intramolecular Hbond substituents is 1. The second kappa shape index (κ2) is 5.24. The highest BCUT2D eigenvalue weighted by Crippen LogP contribution is 2.02. The quantitative estimate of drug-likeness (QED) is 0.637. The largest absolute Gasteiger partial charge is 0.508 e. The summed E-state index contributed by atoms with van der Waals surface area (Å²) in [5, 5.41) is 8.63. The molecule has 1 heterocycles. The van der Waals surface area contributed by atoms with E-state index in [0.29, 0.717) is 5.75 Å². The second-order valence-corrected chi connectivity index (χ2v) is 2.37. The Balaban J connectivity index is 0.000000127. The average molecular weight is 164 g/mol. The van der Waals surface area contributed by atoms with Crippen LogP contribution in [-0.2, 0) is 4.74 Å². The predicted octanol–water partition coefficient (Wildman–Crippen LogP) is 2.31. The molecular weight excluding hydrogens is 152 g/mol. The van der Waals surface area contributed by atoms with Gasteiger partial charge in [0.15, 0.2) is 0 Å². The van der Waals surface area contributed by atoms with Crippen molar-refractivity contribution in [1.29, 1.82) is 0 Å². The van der Waals surface area contributed by atoms with E-state index < -0.39 is 0 Å². The lowest BCUT2D eigenvalue weighted by Crippen LogP contribution is -1.70. The third-order valence-corrected chi connectivity index (χ3v) is 1.35. The zero-order valence-electron chi connectivity index (χ0n) is 6.81. The molecule has 1 N–H and O–H groups in total. The van der Waals surface area contributed by atoms with Crippen LogP contribution in [0.2, 0.25) is 0 Å². The molecule has 1 aromatic carbocycles. The number of aromatic hydroxyl groups is 1. The van der Waals surface area contributed by atoms with Crippen molar-refractivity contribution in [3.8, 4) is 5.75 Å². The van der Waals surface area contributed by atoms with E-state index in [9.17, 15) is 0 Å². The Hall–Kier alpha value is -1.44. The number of phenols is 1. The van der Waals surface area contributed by atoms with Gasteiger partial charge in [-0.2, -0.15) is 0 Å². The molecule has 0 fully saturated rings. The molecule has 2 heteroatoms. The van der Waals surface area contributed by atoms with E-state index in [0.717, 1.165) is 13.0 Å². The molecule has 0 aliphatic carbocycles. The Labute approximate surface area is 72.1 Å². The topological polar surface area (TPSA) is 29.5 Å². The summed E-state index contributed by atoms with van der Waals surface area (Å²) in [5.74, 6) is 0.322. The summed E-state index contributed by atoms with van der Waals surface area (Å²) in [6.07, 6.45) is 4.85. The normalized spacial score (nSPS) is 13.0. The van der Waals surface area contributed by atoms with Crippen LogP contribution in [0.4, 0.5) is 0 Å². The molecule has 1 aliphatic rings. The third-order valence-electron chi connectivity index (χ3n) is 1.35. The third kappa shape index (κ3) is 3.66. The van der Waals surface area contributed by atoms with Crippen molar-refractivity contribution < 1.29 is 9.84 Å². The molecule has 1 aromatic rings. The summed E-state index contributed by atoms with van der Waals surface area (Å²) in [4.78, 5) is 0. The van der Waals surface area contributed by atoms with Crippen molar-refractivity contribution in [3.63, 3.8) is 0 Å². The van der Waals surface area contributed by atoms with Gasteiger partial charge in [0.1, 0.15) is 5.75 Å². The Kier molecular flexibility index (Phi) is 3.78. The predicted molar refractivity (Wildman–Crippen MR) is 47.8 cm³/mol. The molecule has 12 heavy (non-hydrogen) atoms. The minimum atomic E-state index is 0.322. The Morgan fingerprint density at radius 3 is 2.17 bits per heavy atom. The lowest BCUT2D eigenvalue weighted by atomic mass is 10.3. The summed E-state index contributed by atoms with van der Waals surface area (Å²) in [6.45, 7) is 0.889. The van der Waals surface area contributed by atoms with Crippen molar-refractivity contribution in [2.45, 2.75) is 6.42 Å². The van der Waals surface area contributed by atoms with E-state index in [1.165, 1.54) is 0 Å². The molecule has 0 amide bonds. The number of ether oxygens (including phenoxy) is 1. The fourth-order valence-electron chi connectivity index (χ4n) is 0.768. The lowest BCUT2D eigenvalue weighted by Gasteiger charge is -1.82. The fraction of sp³-hybridized carbons (Fsp3) is 0.200. The molecule has 0 atom stereocenters. The number of rotatable bonds is 0. The summed E-state index contributed by atoms with van der Waals surface area (Å²) in [7, 11) is 0. The molecule has 0 saturated carbocycles. The van der Waals surface area contributed by atoms with Crippen LogP contribution < -0.4 is 0 Å². The van der Waals surface area contributed by atoms with Crippen molar-refractivity contribution in [2.75, 3.05) is 6.61 Å². The zero-order valence-corrected chi connectivity index (χ0v) is 6.81. The first kappa shape index (κ1) is 8.65. The molecule has 0 radical (unpaired) electrons. The summed E-state index contributed by atoms with van der Waals surface area (Å²) >= 11 is 0. The van der Waals surface area contributed by atoms with Gasteiger partial charge in [-0.25, -0.2) is 0 Å². The fourth-order valence-corrected chi connectivity index (χ4v) is 0.768. The minimum absolute atomic E-state index is 0.322. The number of hydrogen-bond acceptors (Lipinski definition) is 2. The van der Waals surface area contributed by atoms with Crippen molar-refractivity contribution >= 4 is 0 Å². The average Bonchev–Trinajstić information content (AvgIpc) is 2.62. The molecule has 2 rings (SSSR count). The SMILES string of the molecule is C1=COCC1.Oc1ccccc1. The second-order valence-electron chi connectivity index (χ2n) is 2.37. The molecule has 0 unspecified atom stereocenters. The van der Waals surface area contributed by atoms with Crippen LogP contribution in [-0.4, -0.2) is 11.7 Å². The summed E-state index contributed by atoms with van der Waals surface area (Å²) in [5.41, 5.74) is 0. The van der Waals surface area contributed by atoms with Gasteiger partial charge in [0.05, 0.1) is 12.9 Å². The van der Waals surface area contributed by atoms with Crippen LogP contribution in [0.25, 0.3) is 0 Å². The monoisotopic (exact) mass is 164 g/mol. The maximum Gasteiger partial charge on any atom is 0.115 e. The van der Waals surface area contributed by atoms with Crippen LogP contribution in [0.1, 0.15) is 6.42 Å². The highest BCUT2D eigenvalue weighted by Gasteiger charge is 1.84. The summed E-state index contributed by atoms with van der Waals surface area (Å²) < 4.78 is 4.76. The van der Waals surface area contributed by atoms with E-state index in [-0.39, 0.29) is 0 Å². The van der Waals surface area contributed by atoms with Crippen LogP contribution in [0.5, 0.6) is 5.75 Å². The maximum atomic E-state index is 8.63. The first-order valence-corrected chi connectivity index (χ1v) is 3.90. The van der Waals surface area contributed by atoms with Crippen molar-refractivity contribution in [1.82, 2.24) is 0 Å². The van der Waals surface area contributed by atoms with Gasteiger partial charge in [0.25, 0.3) is 0 Å². The van der Waals surface area contributed by atoms with E-state index >= 15 is 0 Å². The van der Waals surface area contributed by atoms with Crippen LogP contribution in [0.3, 0.4) is 0 Å². The zero-order chi connectivity index (χ0) is 8.65. The van der Waals surface area contributed by atoms with Crippen LogP contribution in [0.15, 0.2) is 42.7 Å². The minimum Gasteiger partial charge on any atom is -0.508 e. The van der Waals surface area contributed by atoms with Crippen molar-refractivity contribution in [3.05, 3.63) is 42.7 Å². The summed E-state index contributed by atoms with van der Waals surface area (Å²) in [6, 6.07) is 8.71. The molecule has 2 nitrogen and oxygen atoms in total. The lowest BCUT2D eigenvalue weighted by molar-refractivity contribution is 0.281. The van der Waals surface area contributed by atoms with Gasteiger partial charge < -0.3 is 9.84 Å². The number of benzene rings is 1.